The van der Waals surface area contributed by atoms with E-state index in [2.05, 4.69) is 15.6 Å². The minimum atomic E-state index is -1.81. The van der Waals surface area contributed by atoms with Crippen molar-refractivity contribution in [3.63, 3.8) is 0 Å². The van der Waals surface area contributed by atoms with E-state index < -0.39 is 85.0 Å². The van der Waals surface area contributed by atoms with Crippen molar-refractivity contribution >= 4 is 47.5 Å². The highest BCUT2D eigenvalue weighted by molar-refractivity contribution is 5.97. The van der Waals surface area contributed by atoms with Gasteiger partial charge in [-0.2, -0.15) is 0 Å². The lowest BCUT2D eigenvalue weighted by Gasteiger charge is -2.24. The number of carbonyl (C=O) groups excluding carboxylic acids is 4. The first-order valence-electron chi connectivity index (χ1n) is 10.8. The Hall–Kier alpha value is -4.48. The predicted molar refractivity (Wildman–Crippen MR) is 124 cm³/mol. The maximum Gasteiger partial charge on any atom is 0.326 e. The average molecular weight is 533 g/mol. The van der Waals surface area contributed by atoms with Crippen LogP contribution in [0.3, 0.4) is 0 Å². The second-order valence-electron chi connectivity index (χ2n) is 7.78. The molecule has 0 aliphatic carbocycles. The van der Waals surface area contributed by atoms with Crippen LogP contribution in [0.2, 0.25) is 0 Å². The molecule has 0 fully saturated rings. The van der Waals surface area contributed by atoms with Crippen molar-refractivity contribution in [2.75, 3.05) is 6.54 Å². The molecule has 14 N–H and O–H groups in total. The molecule has 4 atom stereocenters. The van der Waals surface area contributed by atoms with Gasteiger partial charge in [0.05, 0.1) is 18.9 Å². The Bertz CT molecular complexity index is 905. The van der Waals surface area contributed by atoms with E-state index in [0.29, 0.717) is 0 Å². The molecular formula is C19H32N8O10. The molecular weight excluding hydrogens is 500 g/mol. The van der Waals surface area contributed by atoms with Crippen LogP contribution in [0.5, 0.6) is 0 Å². The lowest BCUT2D eigenvalue weighted by Crippen LogP contribution is -2.58. The van der Waals surface area contributed by atoms with E-state index in [1.165, 1.54) is 0 Å². The van der Waals surface area contributed by atoms with Gasteiger partial charge in [0.25, 0.3) is 0 Å². The lowest BCUT2D eigenvalue weighted by molar-refractivity contribution is -0.144. The number of rotatable bonds is 18. The van der Waals surface area contributed by atoms with Crippen molar-refractivity contribution < 1.29 is 48.9 Å². The van der Waals surface area contributed by atoms with Crippen molar-refractivity contribution in [2.45, 2.75) is 62.7 Å². The molecule has 0 aliphatic heterocycles. The number of amides is 4. The Morgan fingerprint density at radius 2 is 1.22 bits per heavy atom. The number of nitrogens with two attached hydrogens (primary N) is 4. The molecule has 0 heterocycles. The maximum atomic E-state index is 12.7. The van der Waals surface area contributed by atoms with Crippen LogP contribution in [0.15, 0.2) is 4.99 Å². The zero-order valence-corrected chi connectivity index (χ0v) is 19.7. The molecule has 18 nitrogen and oxygen atoms in total. The lowest BCUT2D eigenvalue weighted by atomic mass is 10.1. The molecule has 0 saturated heterocycles. The summed E-state index contributed by atoms with van der Waals surface area (Å²) >= 11 is 0. The fourth-order valence-corrected chi connectivity index (χ4v) is 2.79. The van der Waals surface area contributed by atoms with Crippen molar-refractivity contribution in [2.24, 2.45) is 27.9 Å². The highest BCUT2D eigenvalue weighted by Crippen LogP contribution is 2.04. The zero-order chi connectivity index (χ0) is 28.7. The minimum Gasteiger partial charge on any atom is -0.481 e. The third kappa shape index (κ3) is 14.5. The monoisotopic (exact) mass is 532 g/mol. The second kappa shape index (κ2) is 16.2. The Kier molecular flexibility index (Phi) is 14.3. The molecule has 0 aromatic rings. The molecule has 18 heteroatoms. The van der Waals surface area contributed by atoms with E-state index in [0.717, 1.165) is 0 Å². The van der Waals surface area contributed by atoms with Gasteiger partial charge in [0.15, 0.2) is 5.96 Å². The van der Waals surface area contributed by atoms with Gasteiger partial charge >= 0.3 is 17.9 Å². The summed E-state index contributed by atoms with van der Waals surface area (Å²) in [6.07, 6.45) is -2.50. The van der Waals surface area contributed by atoms with Crippen LogP contribution in [0, 0.1) is 0 Å². The Labute approximate surface area is 210 Å². The Morgan fingerprint density at radius 1 is 0.703 bits per heavy atom. The van der Waals surface area contributed by atoms with E-state index >= 15 is 0 Å². The van der Waals surface area contributed by atoms with Gasteiger partial charge in [-0.25, -0.2) is 4.79 Å². The topological polar surface area (TPSA) is 333 Å². The SMILES string of the molecule is NC(=O)CC(NC(=O)C(N)CCC(=O)O)C(=O)NC(CC(=O)O)C(=O)NC(CCCN=C(N)N)C(=O)O. The third-order valence-electron chi connectivity index (χ3n) is 4.62. The standard InChI is InChI=1S/C19H32N8O10/c20-8(3-4-13(29)30)15(33)26-10(6-12(21)28)16(34)27-11(7-14(31)32)17(35)25-9(18(36)37)2-1-5-24-19(22)23/h8-11H,1-7,20H2,(H2,21,28)(H,25,35)(H,26,33)(H,27,34)(H,29,30)(H,31,32)(H,36,37)(H4,22,23,24). The van der Waals surface area contributed by atoms with Gasteiger partial charge in [-0.05, 0) is 19.3 Å². The number of carboxylic acids is 3. The van der Waals surface area contributed by atoms with E-state index in [1.54, 1.807) is 0 Å². The largest absolute Gasteiger partial charge is 0.481 e. The summed E-state index contributed by atoms with van der Waals surface area (Å²) in [7, 11) is 0. The summed E-state index contributed by atoms with van der Waals surface area (Å²) in [6.45, 7) is 0.0559. The van der Waals surface area contributed by atoms with E-state index in [4.69, 9.17) is 33.1 Å². The second-order valence-corrected chi connectivity index (χ2v) is 7.78. The molecule has 37 heavy (non-hydrogen) atoms. The molecule has 4 amide bonds. The number of guanidine groups is 1. The number of aliphatic carboxylic acids is 3. The quantitative estimate of drug-likeness (QED) is 0.0450. The van der Waals surface area contributed by atoms with Gasteiger partial charge in [0.1, 0.15) is 18.1 Å². The number of primary amides is 1. The first-order chi connectivity index (χ1) is 17.1. The fraction of sp³-hybridized carbons (Fsp3) is 0.579. The van der Waals surface area contributed by atoms with Gasteiger partial charge in [0, 0.05) is 13.0 Å². The smallest absolute Gasteiger partial charge is 0.326 e. The van der Waals surface area contributed by atoms with Crippen LogP contribution in [0.4, 0.5) is 0 Å². The van der Waals surface area contributed by atoms with Crippen molar-refractivity contribution in [3.8, 4) is 0 Å². The number of nitrogens with zero attached hydrogens (tertiary/aromatic N) is 1. The Balaban J connectivity index is 5.49. The van der Waals surface area contributed by atoms with Crippen LogP contribution in [0.25, 0.3) is 0 Å². The molecule has 0 bridgehead atoms. The molecule has 0 radical (unpaired) electrons. The Morgan fingerprint density at radius 3 is 1.68 bits per heavy atom. The third-order valence-corrected chi connectivity index (χ3v) is 4.62. The number of hydrogen-bond donors (Lipinski definition) is 10. The van der Waals surface area contributed by atoms with E-state index in [1.807, 2.05) is 5.32 Å². The summed E-state index contributed by atoms with van der Waals surface area (Å²) in [5.74, 6) is -8.86. The van der Waals surface area contributed by atoms with Crippen molar-refractivity contribution in [1.29, 1.82) is 0 Å². The highest BCUT2D eigenvalue weighted by Gasteiger charge is 2.32. The molecule has 0 spiro atoms. The maximum absolute atomic E-state index is 12.7. The van der Waals surface area contributed by atoms with Crippen LogP contribution in [-0.2, 0) is 33.6 Å². The number of aliphatic imine (C=N–C) groups is 1. The van der Waals surface area contributed by atoms with Gasteiger partial charge in [-0.15, -0.1) is 0 Å². The summed E-state index contributed by atoms with van der Waals surface area (Å²) in [5, 5.41) is 33.4. The van der Waals surface area contributed by atoms with Gasteiger partial charge < -0.3 is 54.2 Å². The number of hydrogen-bond acceptors (Lipinski definition) is 9. The van der Waals surface area contributed by atoms with Crippen molar-refractivity contribution in [3.05, 3.63) is 0 Å². The number of nitrogens with one attached hydrogen (secondary N) is 3. The molecule has 0 rings (SSSR count). The first-order valence-corrected chi connectivity index (χ1v) is 10.8. The number of carboxylic acid groups (broad SMARTS) is 3. The average Bonchev–Trinajstić information content (AvgIpc) is 2.77. The summed E-state index contributed by atoms with van der Waals surface area (Å²) in [6, 6.07) is -6.35. The summed E-state index contributed by atoms with van der Waals surface area (Å²) in [4.78, 5) is 86.0. The normalized spacial score (nSPS) is 13.6. The van der Waals surface area contributed by atoms with Crippen LogP contribution in [0.1, 0.15) is 38.5 Å². The molecule has 0 aromatic heterocycles. The fourth-order valence-electron chi connectivity index (χ4n) is 2.79. The van der Waals surface area contributed by atoms with Crippen LogP contribution >= 0.6 is 0 Å². The predicted octanol–water partition coefficient (Wildman–Crippen LogP) is -4.88. The van der Waals surface area contributed by atoms with E-state index in [-0.39, 0.29) is 31.8 Å². The van der Waals surface area contributed by atoms with Crippen LogP contribution < -0.4 is 38.9 Å². The molecule has 0 saturated carbocycles. The zero-order valence-electron chi connectivity index (χ0n) is 19.7. The van der Waals surface area contributed by atoms with Crippen LogP contribution in [-0.4, -0.2) is 93.5 Å². The first kappa shape index (κ1) is 32.5. The minimum absolute atomic E-state index is 0.0559. The van der Waals surface area contributed by atoms with E-state index in [9.17, 15) is 38.7 Å². The van der Waals surface area contributed by atoms with Gasteiger partial charge in [-0.3, -0.25) is 33.8 Å². The summed E-state index contributed by atoms with van der Waals surface area (Å²) in [5.41, 5.74) is 21.0. The highest BCUT2D eigenvalue weighted by atomic mass is 16.4. The molecule has 208 valence electrons. The molecule has 0 aromatic carbocycles. The van der Waals surface area contributed by atoms with Crippen molar-refractivity contribution in [1.82, 2.24) is 16.0 Å². The summed E-state index contributed by atoms with van der Waals surface area (Å²) < 4.78 is 0. The van der Waals surface area contributed by atoms with Gasteiger partial charge in [0.2, 0.25) is 23.6 Å². The van der Waals surface area contributed by atoms with Gasteiger partial charge in [-0.1, -0.05) is 0 Å². The molecule has 0 aliphatic rings. The molecule has 4 unspecified atom stereocenters. The number of carbonyl (C=O) groups is 7.